The van der Waals surface area contributed by atoms with Crippen LogP contribution in [0, 0.1) is 0 Å². The van der Waals surface area contributed by atoms with Crippen LogP contribution in [0.15, 0.2) is 109 Å². The van der Waals surface area contributed by atoms with E-state index < -0.39 is 0 Å². The monoisotopic (exact) mass is 530 g/mol. The highest BCUT2D eigenvalue weighted by atomic mass is 16.5. The van der Waals surface area contributed by atoms with E-state index in [0.717, 1.165) is 58.2 Å². The van der Waals surface area contributed by atoms with Crippen molar-refractivity contribution >= 4 is 5.78 Å². The number of ether oxygens (including phenoxy) is 3. The third-order valence-electron chi connectivity index (χ3n) is 7.08. The molecule has 0 aliphatic heterocycles. The Balaban J connectivity index is 1.26. The molecular formula is C34H30N2O4. The second kappa shape index (κ2) is 11.9. The number of H-pyrrole nitrogens is 1. The lowest BCUT2D eigenvalue weighted by atomic mass is 9.87. The molecular weight excluding hydrogens is 500 g/mol. The zero-order valence-corrected chi connectivity index (χ0v) is 22.1. The summed E-state index contributed by atoms with van der Waals surface area (Å²) in [7, 11) is 0. The number of ketones is 1. The average Bonchev–Trinajstić information content (AvgIpc) is 3.51. The predicted molar refractivity (Wildman–Crippen MR) is 153 cm³/mol. The maximum Gasteiger partial charge on any atom is 0.163 e. The van der Waals surface area contributed by atoms with E-state index in [1.54, 1.807) is 6.20 Å². The molecule has 0 amide bonds. The molecule has 0 fully saturated rings. The van der Waals surface area contributed by atoms with Crippen molar-refractivity contribution in [3.63, 3.8) is 0 Å². The number of hydrogen-bond acceptors (Lipinski definition) is 5. The number of para-hydroxylation sites is 1. The molecule has 200 valence electrons. The molecule has 6 heteroatoms. The first-order valence-electron chi connectivity index (χ1n) is 13.6. The quantitative estimate of drug-likeness (QED) is 0.201. The number of fused-ring (bicyclic) bond motifs is 1. The number of carbonyl (C=O) groups is 1. The minimum absolute atomic E-state index is 0.173. The molecule has 1 heterocycles. The molecule has 1 aliphatic carbocycles. The molecule has 0 spiro atoms. The Morgan fingerprint density at radius 2 is 1.52 bits per heavy atom. The van der Waals surface area contributed by atoms with Crippen molar-refractivity contribution in [1.29, 1.82) is 0 Å². The molecule has 1 atom stereocenters. The van der Waals surface area contributed by atoms with E-state index in [2.05, 4.69) is 22.1 Å². The summed E-state index contributed by atoms with van der Waals surface area (Å²) in [5, 5.41) is 0. The lowest BCUT2D eigenvalue weighted by molar-refractivity contribution is 0.0971. The summed E-state index contributed by atoms with van der Waals surface area (Å²) >= 11 is 0. The van der Waals surface area contributed by atoms with Crippen LogP contribution >= 0.6 is 0 Å². The number of nitrogens with zero attached hydrogens (tertiary/aromatic N) is 1. The van der Waals surface area contributed by atoms with E-state index in [9.17, 15) is 4.79 Å². The number of hydrogen-bond donors (Lipinski definition) is 1. The van der Waals surface area contributed by atoms with E-state index in [1.165, 1.54) is 0 Å². The normalized spacial score (nSPS) is 13.3. The Morgan fingerprint density at radius 1 is 0.800 bits per heavy atom. The summed E-state index contributed by atoms with van der Waals surface area (Å²) in [6.07, 6.45) is 6.09. The van der Waals surface area contributed by atoms with Crippen molar-refractivity contribution in [2.75, 3.05) is 0 Å². The lowest BCUT2D eigenvalue weighted by Crippen LogP contribution is -2.18. The Labute approximate surface area is 233 Å². The van der Waals surface area contributed by atoms with Crippen LogP contribution in [0.3, 0.4) is 0 Å². The molecule has 1 aliphatic rings. The summed E-state index contributed by atoms with van der Waals surface area (Å²) in [6, 6.07) is 31.2. The molecule has 0 saturated carbocycles. The number of aromatic amines is 1. The van der Waals surface area contributed by atoms with Gasteiger partial charge in [-0.3, -0.25) is 4.79 Å². The minimum Gasteiger partial charge on any atom is -0.489 e. The summed E-state index contributed by atoms with van der Waals surface area (Å²) in [4.78, 5) is 20.4. The predicted octanol–water partition coefficient (Wildman–Crippen LogP) is 7.66. The third-order valence-corrected chi connectivity index (χ3v) is 7.08. The van der Waals surface area contributed by atoms with Gasteiger partial charge in [-0.1, -0.05) is 48.5 Å². The SMILES string of the molecule is O=C1CCCc2c1ccc(O[C@@H](Cc1ncc[nH]1)c1ccccc1)c2COc1ccc(Oc2ccccc2)cc1. The molecule has 0 saturated heterocycles. The topological polar surface area (TPSA) is 73.4 Å². The summed E-state index contributed by atoms with van der Waals surface area (Å²) in [6.45, 7) is 0.285. The van der Waals surface area contributed by atoms with Crippen LogP contribution in [-0.2, 0) is 19.4 Å². The van der Waals surface area contributed by atoms with Crippen LogP contribution in [0.25, 0.3) is 0 Å². The Bertz CT molecular complexity index is 1550. The van der Waals surface area contributed by atoms with Crippen LogP contribution in [0.4, 0.5) is 0 Å². The minimum atomic E-state index is -0.266. The maximum absolute atomic E-state index is 12.8. The molecule has 1 aromatic heterocycles. The van der Waals surface area contributed by atoms with Gasteiger partial charge in [-0.2, -0.15) is 0 Å². The van der Waals surface area contributed by atoms with E-state index in [1.807, 2.05) is 91.1 Å². The fourth-order valence-corrected chi connectivity index (χ4v) is 5.07. The van der Waals surface area contributed by atoms with E-state index in [0.29, 0.717) is 18.6 Å². The standard InChI is InChI=1S/C34H30N2O4/c37-31-13-7-12-28-29(31)18-19-32(40-33(22-34-35-20-21-36-34)24-8-3-1-4-9-24)30(28)23-38-25-14-16-27(17-15-25)39-26-10-5-2-6-11-26/h1-6,8-11,14-21,33H,7,12-13,22-23H2,(H,35,36)/t33-/m0/s1. The molecule has 0 radical (unpaired) electrons. The van der Waals surface area contributed by atoms with Gasteiger partial charge < -0.3 is 19.2 Å². The van der Waals surface area contributed by atoms with Gasteiger partial charge in [0.15, 0.2) is 5.78 Å². The zero-order chi connectivity index (χ0) is 27.1. The van der Waals surface area contributed by atoms with E-state index >= 15 is 0 Å². The van der Waals surface area contributed by atoms with Crippen molar-refractivity contribution in [3.8, 4) is 23.0 Å². The lowest BCUT2D eigenvalue weighted by Gasteiger charge is -2.25. The number of rotatable bonds is 10. The molecule has 6 rings (SSSR count). The van der Waals surface area contributed by atoms with Crippen LogP contribution in [0.5, 0.6) is 23.0 Å². The van der Waals surface area contributed by atoms with E-state index in [4.69, 9.17) is 14.2 Å². The fourth-order valence-electron chi connectivity index (χ4n) is 5.07. The Kier molecular flexibility index (Phi) is 7.57. The average molecular weight is 531 g/mol. The molecule has 0 bridgehead atoms. The van der Waals surface area contributed by atoms with Gasteiger partial charge in [0.2, 0.25) is 0 Å². The number of nitrogens with one attached hydrogen (secondary N) is 1. The maximum atomic E-state index is 12.8. The van der Waals surface area contributed by atoms with Gasteiger partial charge in [0, 0.05) is 36.4 Å². The van der Waals surface area contributed by atoms with Crippen molar-refractivity contribution in [3.05, 3.63) is 138 Å². The van der Waals surface area contributed by atoms with Crippen LogP contribution in [0.1, 0.15) is 51.8 Å². The highest BCUT2D eigenvalue weighted by Gasteiger charge is 2.25. The summed E-state index contributed by atoms with van der Waals surface area (Å²) in [5.41, 5.74) is 3.75. The Hall–Kier alpha value is -4.84. The van der Waals surface area contributed by atoms with Gasteiger partial charge in [0.05, 0.1) is 0 Å². The van der Waals surface area contributed by atoms with Crippen molar-refractivity contribution in [2.45, 2.75) is 38.4 Å². The Morgan fingerprint density at radius 3 is 2.27 bits per heavy atom. The molecule has 5 aromatic rings. The smallest absolute Gasteiger partial charge is 0.163 e. The molecule has 6 nitrogen and oxygen atoms in total. The second-order valence-electron chi connectivity index (χ2n) is 9.78. The highest BCUT2D eigenvalue weighted by molar-refractivity contribution is 5.99. The van der Waals surface area contributed by atoms with Crippen LogP contribution in [-0.4, -0.2) is 15.8 Å². The van der Waals surface area contributed by atoms with Crippen molar-refractivity contribution in [2.24, 2.45) is 0 Å². The summed E-state index contributed by atoms with van der Waals surface area (Å²) in [5.74, 6) is 3.96. The molecule has 40 heavy (non-hydrogen) atoms. The molecule has 4 aromatic carbocycles. The van der Waals surface area contributed by atoms with Gasteiger partial charge in [0.25, 0.3) is 0 Å². The van der Waals surface area contributed by atoms with E-state index in [-0.39, 0.29) is 18.5 Å². The fraction of sp³-hybridized carbons (Fsp3) is 0.176. The first-order valence-corrected chi connectivity index (χ1v) is 13.6. The third kappa shape index (κ3) is 5.91. The van der Waals surface area contributed by atoms with Gasteiger partial charge in [-0.05, 0) is 72.5 Å². The van der Waals surface area contributed by atoms with Gasteiger partial charge in [-0.15, -0.1) is 0 Å². The summed E-state index contributed by atoms with van der Waals surface area (Å²) < 4.78 is 18.9. The van der Waals surface area contributed by atoms with Crippen molar-refractivity contribution < 1.29 is 19.0 Å². The van der Waals surface area contributed by atoms with Crippen molar-refractivity contribution in [1.82, 2.24) is 9.97 Å². The molecule has 1 N–H and O–H groups in total. The first-order chi connectivity index (χ1) is 19.7. The number of carbonyl (C=O) groups excluding carboxylic acids is 1. The zero-order valence-electron chi connectivity index (χ0n) is 22.1. The number of imidazole rings is 1. The van der Waals surface area contributed by atoms with Gasteiger partial charge in [-0.25, -0.2) is 4.98 Å². The second-order valence-corrected chi connectivity index (χ2v) is 9.78. The first kappa shape index (κ1) is 25.4. The molecule has 0 unspecified atom stereocenters. The number of aromatic nitrogens is 2. The van der Waals surface area contributed by atoms with Gasteiger partial charge in [0.1, 0.15) is 41.5 Å². The van der Waals surface area contributed by atoms with Gasteiger partial charge >= 0.3 is 0 Å². The number of Topliss-reactive ketones (excluding diaryl/α,β-unsaturated/α-hetero) is 1. The number of benzene rings is 4. The highest BCUT2D eigenvalue weighted by Crippen LogP contribution is 2.35. The largest absolute Gasteiger partial charge is 0.489 e. The van der Waals surface area contributed by atoms with Crippen LogP contribution in [0.2, 0.25) is 0 Å². The van der Waals surface area contributed by atoms with Crippen LogP contribution < -0.4 is 14.2 Å².